The molecule has 1 aromatic carbocycles. The van der Waals surface area contributed by atoms with Gasteiger partial charge in [0.15, 0.2) is 0 Å². The second-order valence-electron chi connectivity index (χ2n) is 7.45. The topological polar surface area (TPSA) is 56.0 Å². The molecule has 0 saturated heterocycles. The van der Waals surface area contributed by atoms with Crippen molar-refractivity contribution in [2.45, 2.75) is 65.6 Å². The van der Waals surface area contributed by atoms with Gasteiger partial charge >= 0.3 is 5.69 Å². The molecule has 0 spiro atoms. The van der Waals surface area contributed by atoms with Crippen LogP contribution in [0.2, 0.25) is 0 Å². The first-order chi connectivity index (χ1) is 12.0. The van der Waals surface area contributed by atoms with Crippen LogP contribution >= 0.6 is 0 Å². The van der Waals surface area contributed by atoms with Gasteiger partial charge in [-0.25, -0.2) is 4.79 Å². The van der Waals surface area contributed by atoms with E-state index in [4.69, 9.17) is 0 Å². The molecule has 2 aromatic rings. The number of nitrogens with one attached hydrogen (secondary N) is 1. The second-order valence-corrected chi connectivity index (χ2v) is 7.45. The molecule has 1 N–H and O–H groups in total. The molecule has 1 aromatic heterocycles. The van der Waals surface area contributed by atoms with Gasteiger partial charge in [0.1, 0.15) is 6.54 Å². The summed E-state index contributed by atoms with van der Waals surface area (Å²) in [6.07, 6.45) is 4.31. The number of imidazole rings is 1. The van der Waals surface area contributed by atoms with Crippen LogP contribution in [0, 0.1) is 11.8 Å². The Labute approximate surface area is 149 Å². The fourth-order valence-corrected chi connectivity index (χ4v) is 4.05. The Morgan fingerprint density at radius 2 is 1.84 bits per heavy atom. The van der Waals surface area contributed by atoms with Crippen LogP contribution in [0.15, 0.2) is 29.1 Å². The van der Waals surface area contributed by atoms with E-state index < -0.39 is 0 Å². The van der Waals surface area contributed by atoms with Crippen molar-refractivity contribution in [3.8, 4) is 0 Å². The number of para-hydroxylation sites is 2. The van der Waals surface area contributed by atoms with Gasteiger partial charge in [-0.05, 0) is 36.8 Å². The minimum Gasteiger partial charge on any atom is -0.352 e. The molecule has 3 atom stereocenters. The number of carbonyl (C=O) groups is 1. The third kappa shape index (κ3) is 3.51. The van der Waals surface area contributed by atoms with Crippen LogP contribution in [0.5, 0.6) is 0 Å². The Balaban J connectivity index is 1.82. The zero-order chi connectivity index (χ0) is 18.0. The Morgan fingerprint density at radius 3 is 2.52 bits per heavy atom. The molecule has 0 radical (unpaired) electrons. The fourth-order valence-electron chi connectivity index (χ4n) is 4.05. The van der Waals surface area contributed by atoms with Crippen molar-refractivity contribution in [3.05, 3.63) is 34.7 Å². The van der Waals surface area contributed by atoms with Crippen molar-refractivity contribution in [2.24, 2.45) is 11.8 Å². The molecule has 3 rings (SSSR count). The lowest BCUT2D eigenvalue weighted by molar-refractivity contribution is -0.123. The van der Waals surface area contributed by atoms with Crippen LogP contribution in [0.25, 0.3) is 11.0 Å². The van der Waals surface area contributed by atoms with E-state index in [0.29, 0.717) is 18.4 Å². The van der Waals surface area contributed by atoms with Crippen LogP contribution in [0.1, 0.15) is 46.5 Å². The van der Waals surface area contributed by atoms with Crippen molar-refractivity contribution < 1.29 is 4.79 Å². The highest BCUT2D eigenvalue weighted by atomic mass is 16.2. The van der Waals surface area contributed by atoms with Gasteiger partial charge in [-0.1, -0.05) is 45.7 Å². The van der Waals surface area contributed by atoms with Crippen molar-refractivity contribution in [1.82, 2.24) is 14.5 Å². The van der Waals surface area contributed by atoms with Gasteiger partial charge in [0, 0.05) is 12.6 Å². The number of benzene rings is 1. The van der Waals surface area contributed by atoms with Crippen LogP contribution < -0.4 is 11.0 Å². The highest BCUT2D eigenvalue weighted by Gasteiger charge is 2.28. The number of fused-ring (bicyclic) bond motifs is 1. The van der Waals surface area contributed by atoms with E-state index in [0.717, 1.165) is 30.3 Å². The normalized spacial score (nSPS) is 23.7. The van der Waals surface area contributed by atoms with E-state index >= 15 is 0 Å². The molecule has 1 fully saturated rings. The molecule has 1 saturated carbocycles. The van der Waals surface area contributed by atoms with E-state index in [9.17, 15) is 9.59 Å². The third-order valence-electron chi connectivity index (χ3n) is 5.73. The molecular weight excluding hydrogens is 314 g/mol. The van der Waals surface area contributed by atoms with Gasteiger partial charge in [-0.15, -0.1) is 0 Å². The average molecular weight is 343 g/mol. The summed E-state index contributed by atoms with van der Waals surface area (Å²) in [6.45, 7) is 7.29. The van der Waals surface area contributed by atoms with Crippen LogP contribution in [0.3, 0.4) is 0 Å². The van der Waals surface area contributed by atoms with Gasteiger partial charge in [0.25, 0.3) is 0 Å². The first kappa shape index (κ1) is 17.8. The van der Waals surface area contributed by atoms with E-state index in [1.54, 1.807) is 9.13 Å². The van der Waals surface area contributed by atoms with E-state index in [-0.39, 0.29) is 24.2 Å². The quantitative estimate of drug-likeness (QED) is 0.907. The zero-order valence-electron chi connectivity index (χ0n) is 15.5. The van der Waals surface area contributed by atoms with Gasteiger partial charge in [-0.3, -0.25) is 13.9 Å². The standard InChI is InChI=1S/C20H29N3O2/c1-4-12-22-17-10-5-6-11-18(17)23(20(22)25)13-19(24)21-16-9-7-8-14(2)15(16)3/h5-6,10-11,14-16H,4,7-9,12-13H2,1-3H3,(H,21,24)/t14-,15-,16+/m0/s1. The predicted molar refractivity (Wildman–Crippen MR) is 101 cm³/mol. The number of aryl methyl sites for hydroxylation is 1. The summed E-state index contributed by atoms with van der Waals surface area (Å²) >= 11 is 0. The maximum atomic E-state index is 12.8. The Morgan fingerprint density at radius 1 is 1.16 bits per heavy atom. The molecule has 5 nitrogen and oxygen atoms in total. The minimum atomic E-state index is -0.0942. The summed E-state index contributed by atoms with van der Waals surface area (Å²) in [6, 6.07) is 7.93. The molecule has 1 amide bonds. The lowest BCUT2D eigenvalue weighted by Gasteiger charge is -2.34. The molecule has 25 heavy (non-hydrogen) atoms. The van der Waals surface area contributed by atoms with Crippen LogP contribution in [-0.2, 0) is 17.9 Å². The Kier molecular flexibility index (Phi) is 5.30. The van der Waals surface area contributed by atoms with Gasteiger partial charge in [-0.2, -0.15) is 0 Å². The highest BCUT2D eigenvalue weighted by Crippen LogP contribution is 2.29. The number of carbonyl (C=O) groups excluding carboxylic acids is 1. The summed E-state index contributed by atoms with van der Waals surface area (Å²) in [5.41, 5.74) is 1.64. The smallest absolute Gasteiger partial charge is 0.329 e. The SMILES string of the molecule is CCCn1c(=O)n(CC(=O)N[C@@H]2CCC[C@H](C)[C@@H]2C)c2ccccc21. The first-order valence-corrected chi connectivity index (χ1v) is 9.50. The van der Waals surface area contributed by atoms with E-state index in [1.807, 2.05) is 24.3 Å². The number of aromatic nitrogens is 2. The summed E-state index contributed by atoms with van der Waals surface area (Å²) in [5.74, 6) is 1.05. The molecule has 0 aliphatic heterocycles. The molecule has 1 aliphatic rings. The van der Waals surface area contributed by atoms with Crippen molar-refractivity contribution in [2.75, 3.05) is 0 Å². The second kappa shape index (κ2) is 7.46. The maximum Gasteiger partial charge on any atom is 0.329 e. The number of rotatable bonds is 5. The molecule has 136 valence electrons. The zero-order valence-corrected chi connectivity index (χ0v) is 15.5. The fraction of sp³-hybridized carbons (Fsp3) is 0.600. The van der Waals surface area contributed by atoms with Crippen molar-refractivity contribution in [3.63, 3.8) is 0 Å². The first-order valence-electron chi connectivity index (χ1n) is 9.50. The average Bonchev–Trinajstić information content (AvgIpc) is 2.85. The molecule has 0 unspecified atom stereocenters. The molecule has 0 bridgehead atoms. The summed E-state index contributed by atoms with van der Waals surface area (Å²) in [5, 5.41) is 3.17. The highest BCUT2D eigenvalue weighted by molar-refractivity contribution is 5.81. The lowest BCUT2D eigenvalue weighted by Crippen LogP contribution is -2.45. The molecule has 5 heteroatoms. The monoisotopic (exact) mass is 343 g/mol. The van der Waals surface area contributed by atoms with Gasteiger partial charge in [0.05, 0.1) is 11.0 Å². The predicted octanol–water partition coefficient (Wildman–Crippen LogP) is 3.15. The third-order valence-corrected chi connectivity index (χ3v) is 5.73. The minimum absolute atomic E-state index is 0.0625. The lowest BCUT2D eigenvalue weighted by atomic mass is 9.78. The van der Waals surface area contributed by atoms with Crippen molar-refractivity contribution >= 4 is 16.9 Å². The number of amides is 1. The van der Waals surface area contributed by atoms with Crippen molar-refractivity contribution in [1.29, 1.82) is 0 Å². The molecule has 1 aliphatic carbocycles. The number of hydrogen-bond acceptors (Lipinski definition) is 2. The molecular formula is C20H29N3O2. The summed E-state index contributed by atoms with van der Waals surface area (Å²) in [7, 11) is 0. The van der Waals surface area contributed by atoms with Gasteiger partial charge in [0.2, 0.25) is 5.91 Å². The van der Waals surface area contributed by atoms with Crippen LogP contribution in [0.4, 0.5) is 0 Å². The van der Waals surface area contributed by atoms with Crippen LogP contribution in [-0.4, -0.2) is 21.1 Å². The number of nitrogens with zero attached hydrogens (tertiary/aromatic N) is 2. The van der Waals surface area contributed by atoms with Gasteiger partial charge < -0.3 is 5.32 Å². The molecule has 1 heterocycles. The van der Waals surface area contributed by atoms with E-state index in [2.05, 4.69) is 26.1 Å². The Bertz CT molecular complexity index is 805. The largest absolute Gasteiger partial charge is 0.352 e. The Hall–Kier alpha value is -2.04. The summed E-state index contributed by atoms with van der Waals surface area (Å²) < 4.78 is 3.38. The summed E-state index contributed by atoms with van der Waals surface area (Å²) in [4.78, 5) is 25.4. The maximum absolute atomic E-state index is 12.8. The number of hydrogen-bond donors (Lipinski definition) is 1. The van der Waals surface area contributed by atoms with E-state index in [1.165, 1.54) is 6.42 Å².